The molecule has 2 aromatic rings. The average molecular weight is 238 g/mol. The normalized spacial score (nSPS) is 10.5. The molecule has 0 spiro atoms. The van der Waals surface area contributed by atoms with E-state index in [1.54, 1.807) is 6.07 Å². The largest absolute Gasteiger partial charge is 0.494 e. The van der Waals surface area contributed by atoms with E-state index in [0.717, 1.165) is 0 Å². The van der Waals surface area contributed by atoms with Gasteiger partial charge in [-0.05, 0) is 22.6 Å². The van der Waals surface area contributed by atoms with E-state index in [9.17, 15) is 4.39 Å². The minimum atomic E-state index is -0.490. The van der Waals surface area contributed by atoms with E-state index in [1.165, 1.54) is 23.9 Å². The Labute approximate surface area is 96.6 Å². The number of aromatic nitrogens is 4. The predicted molar refractivity (Wildman–Crippen MR) is 56.5 cm³/mol. The second-order valence-electron chi connectivity index (χ2n) is 3.30. The van der Waals surface area contributed by atoms with Crippen LogP contribution in [0.15, 0.2) is 18.2 Å². The van der Waals surface area contributed by atoms with Gasteiger partial charge in [0, 0.05) is 12.5 Å². The molecule has 0 aliphatic heterocycles. The third-order valence-electron chi connectivity index (χ3n) is 2.25. The van der Waals surface area contributed by atoms with Gasteiger partial charge in [-0.25, -0.2) is 4.39 Å². The van der Waals surface area contributed by atoms with Crippen LogP contribution in [0.2, 0.25) is 0 Å². The fourth-order valence-electron chi connectivity index (χ4n) is 1.45. The summed E-state index contributed by atoms with van der Waals surface area (Å²) in [6, 6.07) is 4.41. The number of methoxy groups -OCH3 is 1. The van der Waals surface area contributed by atoms with E-state index in [1.807, 2.05) is 0 Å². The number of aliphatic hydroxyl groups is 1. The zero-order valence-corrected chi connectivity index (χ0v) is 9.17. The Morgan fingerprint density at radius 2 is 2.29 bits per heavy atom. The van der Waals surface area contributed by atoms with Crippen LogP contribution in [0.25, 0.3) is 5.69 Å². The number of tetrazole rings is 1. The number of ether oxygens (including phenoxy) is 1. The molecule has 1 N–H and O–H groups in total. The topological polar surface area (TPSA) is 73.1 Å². The smallest absolute Gasteiger partial charge is 0.167 e. The molecule has 0 aliphatic rings. The summed E-state index contributed by atoms with van der Waals surface area (Å²) < 4.78 is 19.7. The molecular weight excluding hydrogens is 227 g/mol. The number of aliphatic hydroxyl groups excluding tert-OH is 1. The molecule has 1 aromatic heterocycles. The summed E-state index contributed by atoms with van der Waals surface area (Å²) in [7, 11) is 1.40. The van der Waals surface area contributed by atoms with Crippen LogP contribution >= 0.6 is 0 Å². The standard InChI is InChI=1S/C10H11FN4O2/c1-17-9-3-2-7(6-8(9)11)15-10(4-5-16)12-13-14-15/h2-3,6,16H,4-5H2,1H3. The van der Waals surface area contributed by atoms with Gasteiger partial charge in [-0.15, -0.1) is 5.10 Å². The lowest BCUT2D eigenvalue weighted by molar-refractivity contribution is 0.295. The Hall–Kier alpha value is -2.02. The summed E-state index contributed by atoms with van der Waals surface area (Å²) in [6.07, 6.45) is 0.306. The van der Waals surface area contributed by atoms with Gasteiger partial charge >= 0.3 is 0 Å². The quantitative estimate of drug-likeness (QED) is 0.831. The Balaban J connectivity index is 2.39. The predicted octanol–water partition coefficient (Wildman–Crippen LogP) is 0.345. The van der Waals surface area contributed by atoms with Gasteiger partial charge in [0.05, 0.1) is 19.4 Å². The number of nitrogens with zero attached hydrogens (tertiary/aromatic N) is 4. The fraction of sp³-hybridized carbons (Fsp3) is 0.300. The summed E-state index contributed by atoms with van der Waals surface area (Å²) >= 11 is 0. The Kier molecular flexibility index (Phi) is 3.29. The van der Waals surface area contributed by atoms with Gasteiger partial charge in [0.1, 0.15) is 0 Å². The lowest BCUT2D eigenvalue weighted by atomic mass is 10.3. The maximum Gasteiger partial charge on any atom is 0.167 e. The Morgan fingerprint density at radius 3 is 2.94 bits per heavy atom. The summed E-state index contributed by atoms with van der Waals surface area (Å²) in [4.78, 5) is 0. The molecular formula is C10H11FN4O2. The van der Waals surface area contributed by atoms with Crippen molar-refractivity contribution >= 4 is 0 Å². The SMILES string of the molecule is COc1ccc(-n2nnnc2CCO)cc1F. The van der Waals surface area contributed by atoms with Crippen LogP contribution in [0.4, 0.5) is 4.39 Å². The van der Waals surface area contributed by atoms with Gasteiger partial charge in [0.25, 0.3) is 0 Å². The maximum atomic E-state index is 13.5. The Morgan fingerprint density at radius 1 is 1.47 bits per heavy atom. The average Bonchev–Trinajstić information content (AvgIpc) is 2.78. The fourth-order valence-corrected chi connectivity index (χ4v) is 1.45. The summed E-state index contributed by atoms with van der Waals surface area (Å²) in [5, 5.41) is 19.8. The van der Waals surface area contributed by atoms with Crippen LogP contribution in [-0.4, -0.2) is 39.0 Å². The van der Waals surface area contributed by atoms with Crippen LogP contribution in [0.5, 0.6) is 5.75 Å². The lowest BCUT2D eigenvalue weighted by Gasteiger charge is -2.06. The molecule has 0 saturated carbocycles. The van der Waals surface area contributed by atoms with E-state index in [2.05, 4.69) is 15.5 Å². The molecule has 0 fully saturated rings. The molecule has 17 heavy (non-hydrogen) atoms. The number of halogens is 1. The minimum absolute atomic E-state index is 0.0704. The summed E-state index contributed by atoms with van der Waals surface area (Å²) in [5.74, 6) is 0.137. The molecule has 1 heterocycles. The van der Waals surface area contributed by atoms with Gasteiger partial charge in [0.15, 0.2) is 17.4 Å². The molecule has 0 unspecified atom stereocenters. The highest BCUT2D eigenvalue weighted by Crippen LogP contribution is 2.20. The van der Waals surface area contributed by atoms with Crippen molar-refractivity contribution in [3.63, 3.8) is 0 Å². The van der Waals surface area contributed by atoms with Crippen molar-refractivity contribution in [2.75, 3.05) is 13.7 Å². The number of rotatable bonds is 4. The first kappa shape index (κ1) is 11.5. The third-order valence-corrected chi connectivity index (χ3v) is 2.25. The highest BCUT2D eigenvalue weighted by molar-refractivity contribution is 5.38. The lowest BCUT2D eigenvalue weighted by Crippen LogP contribution is -2.05. The second-order valence-corrected chi connectivity index (χ2v) is 3.30. The van der Waals surface area contributed by atoms with Gasteiger partial charge in [0.2, 0.25) is 0 Å². The van der Waals surface area contributed by atoms with E-state index in [-0.39, 0.29) is 12.4 Å². The highest BCUT2D eigenvalue weighted by atomic mass is 19.1. The molecule has 6 nitrogen and oxygen atoms in total. The van der Waals surface area contributed by atoms with E-state index >= 15 is 0 Å². The van der Waals surface area contributed by atoms with Gasteiger partial charge in [-0.3, -0.25) is 0 Å². The zero-order valence-electron chi connectivity index (χ0n) is 9.17. The molecule has 90 valence electrons. The van der Waals surface area contributed by atoms with Crippen molar-refractivity contribution in [3.8, 4) is 11.4 Å². The Bertz CT molecular complexity index is 515. The van der Waals surface area contributed by atoms with Crippen molar-refractivity contribution in [2.45, 2.75) is 6.42 Å². The van der Waals surface area contributed by atoms with E-state index < -0.39 is 5.82 Å². The highest BCUT2D eigenvalue weighted by Gasteiger charge is 2.10. The van der Waals surface area contributed by atoms with Crippen molar-refractivity contribution < 1.29 is 14.2 Å². The summed E-state index contributed by atoms with van der Waals surface area (Å²) in [5.41, 5.74) is 0.483. The van der Waals surface area contributed by atoms with Crippen LogP contribution in [0.3, 0.4) is 0 Å². The molecule has 2 rings (SSSR count). The van der Waals surface area contributed by atoms with Crippen molar-refractivity contribution in [1.29, 1.82) is 0 Å². The number of benzene rings is 1. The molecule has 0 atom stereocenters. The minimum Gasteiger partial charge on any atom is -0.494 e. The van der Waals surface area contributed by atoms with Gasteiger partial charge in [-0.2, -0.15) is 4.68 Å². The van der Waals surface area contributed by atoms with Crippen molar-refractivity contribution in [1.82, 2.24) is 20.2 Å². The monoisotopic (exact) mass is 238 g/mol. The van der Waals surface area contributed by atoms with E-state index in [4.69, 9.17) is 9.84 Å². The van der Waals surface area contributed by atoms with Crippen molar-refractivity contribution in [3.05, 3.63) is 29.8 Å². The van der Waals surface area contributed by atoms with E-state index in [0.29, 0.717) is 17.9 Å². The first-order valence-electron chi connectivity index (χ1n) is 4.98. The number of hydrogen-bond donors (Lipinski definition) is 1. The van der Waals surface area contributed by atoms with Crippen molar-refractivity contribution in [2.24, 2.45) is 0 Å². The molecule has 0 aliphatic carbocycles. The van der Waals surface area contributed by atoms with Gasteiger partial charge < -0.3 is 9.84 Å². The second kappa shape index (κ2) is 4.88. The molecule has 1 aromatic carbocycles. The third kappa shape index (κ3) is 2.23. The summed E-state index contributed by atoms with van der Waals surface area (Å²) in [6.45, 7) is -0.0704. The molecule has 0 saturated heterocycles. The first-order chi connectivity index (χ1) is 8.26. The van der Waals surface area contributed by atoms with Crippen LogP contribution in [0, 0.1) is 5.82 Å². The van der Waals surface area contributed by atoms with Crippen LogP contribution in [-0.2, 0) is 6.42 Å². The van der Waals surface area contributed by atoms with Gasteiger partial charge in [-0.1, -0.05) is 0 Å². The van der Waals surface area contributed by atoms with Crippen LogP contribution in [0.1, 0.15) is 5.82 Å². The first-order valence-corrected chi connectivity index (χ1v) is 4.98. The zero-order chi connectivity index (χ0) is 12.3. The molecule has 0 amide bonds. The van der Waals surface area contributed by atoms with Crippen LogP contribution < -0.4 is 4.74 Å². The molecule has 0 radical (unpaired) electrons. The molecule has 7 heteroatoms. The number of hydrogen-bond acceptors (Lipinski definition) is 5. The molecule has 0 bridgehead atoms. The maximum absolute atomic E-state index is 13.5.